The molecule has 1 N–H and O–H groups in total. The lowest BCUT2D eigenvalue weighted by molar-refractivity contribution is 0.0696. The molecule has 0 aliphatic rings. The van der Waals surface area contributed by atoms with Gasteiger partial charge >= 0.3 is 5.97 Å². The summed E-state index contributed by atoms with van der Waals surface area (Å²) in [5, 5.41) is 8.99. The zero-order chi connectivity index (χ0) is 18.5. The zero-order valence-corrected chi connectivity index (χ0v) is 14.3. The molecular formula is C22H18O4. The fourth-order valence-electron chi connectivity index (χ4n) is 2.65. The molecule has 0 bridgehead atoms. The molecule has 0 aromatic heterocycles. The molecule has 0 aliphatic carbocycles. The maximum absolute atomic E-state index is 12.0. The average molecular weight is 346 g/mol. The number of carboxylic acids is 1. The molecule has 3 rings (SSSR count). The number of carboxylic acid groups (broad SMARTS) is 1. The predicted molar refractivity (Wildman–Crippen MR) is 99.6 cm³/mol. The average Bonchev–Trinajstić information content (AvgIpc) is 2.67. The van der Waals surface area contributed by atoms with E-state index >= 15 is 0 Å². The Hall–Kier alpha value is -3.40. The minimum atomic E-state index is -0.967. The topological polar surface area (TPSA) is 63.6 Å². The summed E-state index contributed by atoms with van der Waals surface area (Å²) >= 11 is 0. The first kappa shape index (κ1) is 17.4. The molecule has 0 radical (unpaired) electrons. The lowest BCUT2D eigenvalue weighted by Gasteiger charge is -2.12. The number of Topliss-reactive ketones (excluding diaryl/α,β-unsaturated/α-hetero) is 1. The van der Waals surface area contributed by atoms with Crippen molar-refractivity contribution in [3.63, 3.8) is 0 Å². The smallest absolute Gasteiger partial charge is 0.335 e. The van der Waals surface area contributed by atoms with Crippen LogP contribution in [0.2, 0.25) is 0 Å². The van der Waals surface area contributed by atoms with Gasteiger partial charge in [0.25, 0.3) is 0 Å². The van der Waals surface area contributed by atoms with Gasteiger partial charge in [0.05, 0.1) is 11.1 Å². The van der Waals surface area contributed by atoms with Gasteiger partial charge in [0.15, 0.2) is 5.78 Å². The number of benzene rings is 3. The fraction of sp³-hybridized carbons (Fsp3) is 0.0909. The highest BCUT2D eigenvalue weighted by atomic mass is 16.5. The van der Waals surface area contributed by atoms with Crippen LogP contribution in [0, 0.1) is 0 Å². The molecule has 0 saturated heterocycles. The third kappa shape index (κ3) is 3.98. The van der Waals surface area contributed by atoms with E-state index in [9.17, 15) is 9.59 Å². The van der Waals surface area contributed by atoms with Gasteiger partial charge in [-0.15, -0.1) is 0 Å². The molecule has 4 nitrogen and oxygen atoms in total. The van der Waals surface area contributed by atoms with Gasteiger partial charge in [-0.25, -0.2) is 4.79 Å². The maximum Gasteiger partial charge on any atom is 0.335 e. The van der Waals surface area contributed by atoms with Crippen LogP contribution >= 0.6 is 0 Å². The van der Waals surface area contributed by atoms with Crippen LogP contribution in [0.1, 0.15) is 33.2 Å². The molecular weight excluding hydrogens is 328 g/mol. The molecule has 0 heterocycles. The quantitative estimate of drug-likeness (QED) is 0.649. The zero-order valence-electron chi connectivity index (χ0n) is 14.3. The predicted octanol–water partition coefficient (Wildman–Crippen LogP) is 4.83. The SMILES string of the molecule is CC(=O)c1cc(-c2ccc(C(=O)O)cc2)ccc1OCc1ccccc1. The molecule has 0 aliphatic heterocycles. The van der Waals surface area contributed by atoms with Crippen molar-refractivity contribution in [3.8, 4) is 16.9 Å². The number of rotatable bonds is 6. The van der Waals surface area contributed by atoms with Gasteiger partial charge in [-0.1, -0.05) is 48.5 Å². The summed E-state index contributed by atoms with van der Waals surface area (Å²) in [6.45, 7) is 1.88. The third-order valence-electron chi connectivity index (χ3n) is 4.06. The number of hydrogen-bond acceptors (Lipinski definition) is 3. The van der Waals surface area contributed by atoms with Crippen molar-refractivity contribution in [1.29, 1.82) is 0 Å². The van der Waals surface area contributed by atoms with Crippen molar-refractivity contribution >= 4 is 11.8 Å². The molecule has 0 saturated carbocycles. The van der Waals surface area contributed by atoms with Crippen LogP contribution in [-0.2, 0) is 6.61 Å². The van der Waals surface area contributed by atoms with Crippen LogP contribution in [-0.4, -0.2) is 16.9 Å². The van der Waals surface area contributed by atoms with Gasteiger partial charge in [0, 0.05) is 0 Å². The second kappa shape index (κ2) is 7.66. The molecule has 4 heteroatoms. The van der Waals surface area contributed by atoms with Crippen LogP contribution in [0.4, 0.5) is 0 Å². The molecule has 3 aromatic rings. The van der Waals surface area contributed by atoms with Gasteiger partial charge < -0.3 is 9.84 Å². The van der Waals surface area contributed by atoms with Gasteiger partial charge in [-0.3, -0.25) is 4.79 Å². The minimum Gasteiger partial charge on any atom is -0.488 e. The summed E-state index contributed by atoms with van der Waals surface area (Å²) in [4.78, 5) is 23.0. The van der Waals surface area contributed by atoms with Crippen molar-refractivity contribution in [2.45, 2.75) is 13.5 Å². The first-order chi connectivity index (χ1) is 12.5. The summed E-state index contributed by atoms with van der Waals surface area (Å²) < 4.78 is 5.83. The molecule has 130 valence electrons. The maximum atomic E-state index is 12.0. The van der Waals surface area contributed by atoms with E-state index < -0.39 is 5.97 Å². The first-order valence-electron chi connectivity index (χ1n) is 8.20. The molecule has 3 aromatic carbocycles. The highest BCUT2D eigenvalue weighted by Gasteiger charge is 2.12. The second-order valence-corrected chi connectivity index (χ2v) is 5.92. The molecule has 0 atom stereocenters. The Kier molecular flexibility index (Phi) is 5.13. The van der Waals surface area contributed by atoms with E-state index in [4.69, 9.17) is 9.84 Å². The second-order valence-electron chi connectivity index (χ2n) is 5.92. The lowest BCUT2D eigenvalue weighted by Crippen LogP contribution is -2.02. The third-order valence-corrected chi connectivity index (χ3v) is 4.06. The van der Waals surface area contributed by atoms with Crippen LogP contribution in [0.25, 0.3) is 11.1 Å². The van der Waals surface area contributed by atoms with E-state index in [0.717, 1.165) is 16.7 Å². The Morgan fingerprint density at radius 1 is 0.885 bits per heavy atom. The van der Waals surface area contributed by atoms with Crippen molar-refractivity contribution in [3.05, 3.63) is 89.5 Å². The number of aromatic carboxylic acids is 1. The summed E-state index contributed by atoms with van der Waals surface area (Å²) in [5.74, 6) is -0.519. The van der Waals surface area contributed by atoms with Crippen LogP contribution in [0.3, 0.4) is 0 Å². The monoisotopic (exact) mass is 346 g/mol. The summed E-state index contributed by atoms with van der Waals surface area (Å²) in [7, 11) is 0. The molecule has 0 amide bonds. The molecule has 0 fully saturated rings. The van der Waals surface area contributed by atoms with E-state index in [1.54, 1.807) is 36.4 Å². The van der Waals surface area contributed by atoms with E-state index in [2.05, 4.69) is 0 Å². The fourth-order valence-corrected chi connectivity index (χ4v) is 2.65. The van der Waals surface area contributed by atoms with Crippen molar-refractivity contribution in [1.82, 2.24) is 0 Å². The molecule has 0 spiro atoms. The van der Waals surface area contributed by atoms with E-state index in [1.807, 2.05) is 36.4 Å². The van der Waals surface area contributed by atoms with E-state index in [1.165, 1.54) is 6.92 Å². The van der Waals surface area contributed by atoms with Gasteiger partial charge in [-0.05, 0) is 47.9 Å². The largest absolute Gasteiger partial charge is 0.488 e. The van der Waals surface area contributed by atoms with Crippen LogP contribution in [0.15, 0.2) is 72.8 Å². The van der Waals surface area contributed by atoms with Crippen LogP contribution in [0.5, 0.6) is 5.75 Å². The highest BCUT2D eigenvalue weighted by Crippen LogP contribution is 2.28. The number of carbonyl (C=O) groups is 2. The number of hydrogen-bond donors (Lipinski definition) is 1. The normalized spacial score (nSPS) is 10.3. The molecule has 0 unspecified atom stereocenters. The number of ether oxygens (including phenoxy) is 1. The van der Waals surface area contributed by atoms with Crippen molar-refractivity contribution < 1.29 is 19.4 Å². The van der Waals surface area contributed by atoms with Gasteiger partial charge in [0.1, 0.15) is 12.4 Å². The van der Waals surface area contributed by atoms with Crippen LogP contribution < -0.4 is 4.74 Å². The lowest BCUT2D eigenvalue weighted by atomic mass is 10.00. The van der Waals surface area contributed by atoms with Gasteiger partial charge in [0.2, 0.25) is 0 Å². The summed E-state index contributed by atoms with van der Waals surface area (Å²) in [6, 6.07) is 21.7. The van der Waals surface area contributed by atoms with E-state index in [-0.39, 0.29) is 11.3 Å². The van der Waals surface area contributed by atoms with Gasteiger partial charge in [-0.2, -0.15) is 0 Å². The Bertz CT molecular complexity index is 928. The van der Waals surface area contributed by atoms with Crippen molar-refractivity contribution in [2.75, 3.05) is 0 Å². The Balaban J connectivity index is 1.86. The first-order valence-corrected chi connectivity index (χ1v) is 8.20. The summed E-state index contributed by atoms with van der Waals surface area (Å²) in [6.07, 6.45) is 0. The Morgan fingerprint density at radius 3 is 2.15 bits per heavy atom. The standard InChI is InChI=1S/C22H18O4/c1-15(23)20-13-19(17-7-9-18(10-8-17)22(24)25)11-12-21(20)26-14-16-5-3-2-4-6-16/h2-13H,14H2,1H3,(H,24,25). The highest BCUT2D eigenvalue weighted by molar-refractivity contribution is 5.98. The number of carbonyl (C=O) groups excluding carboxylic acids is 1. The Labute approximate surface area is 151 Å². The minimum absolute atomic E-state index is 0.0860. The number of ketones is 1. The van der Waals surface area contributed by atoms with E-state index in [0.29, 0.717) is 17.9 Å². The van der Waals surface area contributed by atoms with Crippen molar-refractivity contribution in [2.24, 2.45) is 0 Å². The summed E-state index contributed by atoms with van der Waals surface area (Å²) in [5.41, 5.74) is 3.42. The Morgan fingerprint density at radius 2 is 1.54 bits per heavy atom. The molecule has 26 heavy (non-hydrogen) atoms.